The number of urea groups is 1. The van der Waals surface area contributed by atoms with Gasteiger partial charge in [-0.3, -0.25) is 10.1 Å². The first-order chi connectivity index (χ1) is 9.55. The first-order valence-corrected chi connectivity index (χ1v) is 6.46. The summed E-state index contributed by atoms with van der Waals surface area (Å²) in [5, 5.41) is 5.18. The normalized spacial score (nSPS) is 13.6. The van der Waals surface area contributed by atoms with Crippen LogP contribution in [-0.2, 0) is 4.79 Å². The van der Waals surface area contributed by atoms with Gasteiger partial charge >= 0.3 is 6.03 Å². The zero-order valence-corrected chi connectivity index (χ0v) is 11.9. The van der Waals surface area contributed by atoms with Gasteiger partial charge in [0, 0.05) is 18.1 Å². The van der Waals surface area contributed by atoms with Gasteiger partial charge in [-0.1, -0.05) is 11.6 Å². The highest BCUT2D eigenvalue weighted by molar-refractivity contribution is 6.32. The molecule has 1 aliphatic carbocycles. The third kappa shape index (κ3) is 3.33. The number of hydrogen-bond acceptors (Lipinski definition) is 4. The Morgan fingerprint density at radius 1 is 1.20 bits per heavy atom. The molecule has 0 heterocycles. The molecule has 108 valence electrons. The molecule has 0 saturated heterocycles. The summed E-state index contributed by atoms with van der Waals surface area (Å²) < 4.78 is 10.2. The number of ether oxygens (including phenoxy) is 2. The van der Waals surface area contributed by atoms with Crippen molar-refractivity contribution in [1.29, 1.82) is 0 Å². The van der Waals surface area contributed by atoms with Gasteiger partial charge in [-0.2, -0.15) is 0 Å². The van der Waals surface area contributed by atoms with Crippen molar-refractivity contribution in [2.75, 3.05) is 19.5 Å². The van der Waals surface area contributed by atoms with Crippen LogP contribution in [0.2, 0.25) is 5.02 Å². The van der Waals surface area contributed by atoms with Crippen LogP contribution in [0.5, 0.6) is 11.5 Å². The van der Waals surface area contributed by atoms with E-state index in [-0.39, 0.29) is 11.8 Å². The molecule has 7 heteroatoms. The maximum Gasteiger partial charge on any atom is 0.325 e. The SMILES string of the molecule is COc1cc(NC(=O)NC(=O)C2CC2)c(OC)cc1Cl. The number of anilines is 1. The Kier molecular flexibility index (Phi) is 4.34. The van der Waals surface area contributed by atoms with Crippen LogP contribution in [0.4, 0.5) is 10.5 Å². The Balaban J connectivity index is 2.10. The first-order valence-electron chi connectivity index (χ1n) is 6.08. The van der Waals surface area contributed by atoms with Gasteiger partial charge in [-0.15, -0.1) is 0 Å². The van der Waals surface area contributed by atoms with Crippen molar-refractivity contribution in [3.8, 4) is 11.5 Å². The minimum Gasteiger partial charge on any atom is -0.495 e. The van der Waals surface area contributed by atoms with Gasteiger partial charge in [0.15, 0.2) is 0 Å². The fourth-order valence-corrected chi connectivity index (χ4v) is 1.90. The smallest absolute Gasteiger partial charge is 0.325 e. The van der Waals surface area contributed by atoms with E-state index in [1.807, 2.05) is 0 Å². The molecule has 6 nitrogen and oxygen atoms in total. The average molecular weight is 299 g/mol. The van der Waals surface area contributed by atoms with Crippen LogP contribution in [0, 0.1) is 5.92 Å². The summed E-state index contributed by atoms with van der Waals surface area (Å²) in [5.41, 5.74) is 0.370. The van der Waals surface area contributed by atoms with Crippen molar-refractivity contribution in [1.82, 2.24) is 5.32 Å². The Bertz CT molecular complexity index is 543. The standard InChI is InChI=1S/C13H15ClN2O4/c1-19-10-6-9(11(20-2)5-8(10)14)15-13(18)16-12(17)7-3-4-7/h5-7H,3-4H2,1-2H3,(H2,15,16,17,18). The van der Waals surface area contributed by atoms with E-state index in [4.69, 9.17) is 21.1 Å². The molecule has 1 fully saturated rings. The van der Waals surface area contributed by atoms with E-state index < -0.39 is 6.03 Å². The topological polar surface area (TPSA) is 76.7 Å². The largest absolute Gasteiger partial charge is 0.495 e. The van der Waals surface area contributed by atoms with Crippen LogP contribution in [0.15, 0.2) is 12.1 Å². The summed E-state index contributed by atoms with van der Waals surface area (Å²) in [6.07, 6.45) is 1.66. The number of methoxy groups -OCH3 is 2. The summed E-state index contributed by atoms with van der Waals surface area (Å²) in [6.45, 7) is 0. The lowest BCUT2D eigenvalue weighted by atomic mass is 10.2. The number of amides is 3. The van der Waals surface area contributed by atoms with Crippen molar-refractivity contribution >= 4 is 29.2 Å². The number of imide groups is 1. The molecule has 0 unspecified atom stereocenters. The summed E-state index contributed by atoms with van der Waals surface area (Å²) >= 11 is 5.96. The molecule has 2 N–H and O–H groups in total. The van der Waals surface area contributed by atoms with Crippen LogP contribution < -0.4 is 20.1 Å². The molecule has 0 atom stereocenters. The fourth-order valence-electron chi connectivity index (χ4n) is 1.67. The summed E-state index contributed by atoms with van der Waals surface area (Å²) in [4.78, 5) is 23.2. The van der Waals surface area contributed by atoms with Gasteiger partial charge in [-0.25, -0.2) is 4.79 Å². The molecule has 1 aromatic rings. The molecular formula is C13H15ClN2O4. The summed E-state index contributed by atoms with van der Waals surface area (Å²) in [7, 11) is 2.92. The van der Waals surface area contributed by atoms with Crippen LogP contribution in [0.3, 0.4) is 0 Å². The van der Waals surface area contributed by atoms with Gasteiger partial charge in [0.1, 0.15) is 11.5 Å². The van der Waals surface area contributed by atoms with Crippen molar-refractivity contribution < 1.29 is 19.1 Å². The van der Waals surface area contributed by atoms with Crippen molar-refractivity contribution in [3.63, 3.8) is 0 Å². The molecule has 20 heavy (non-hydrogen) atoms. The molecule has 3 amide bonds. The molecule has 2 rings (SSSR count). The minimum atomic E-state index is -0.607. The monoisotopic (exact) mass is 298 g/mol. The Labute approximate surface area is 121 Å². The van der Waals surface area contributed by atoms with Gasteiger partial charge in [0.05, 0.1) is 24.9 Å². The second-order valence-corrected chi connectivity index (χ2v) is 4.81. The van der Waals surface area contributed by atoms with Gasteiger partial charge < -0.3 is 14.8 Å². The summed E-state index contributed by atoms with van der Waals surface area (Å²) in [5.74, 6) is 0.478. The molecule has 1 aromatic carbocycles. The Morgan fingerprint density at radius 3 is 2.40 bits per heavy atom. The fraction of sp³-hybridized carbons (Fsp3) is 0.385. The maximum atomic E-state index is 11.7. The summed E-state index contributed by atoms with van der Waals surface area (Å²) in [6, 6.07) is 2.45. The third-order valence-electron chi connectivity index (χ3n) is 2.91. The third-order valence-corrected chi connectivity index (χ3v) is 3.20. The predicted molar refractivity (Wildman–Crippen MR) is 74.4 cm³/mol. The second kappa shape index (κ2) is 6.00. The zero-order chi connectivity index (χ0) is 14.7. The maximum absolute atomic E-state index is 11.7. The highest BCUT2D eigenvalue weighted by atomic mass is 35.5. The number of benzene rings is 1. The van der Waals surface area contributed by atoms with E-state index in [1.165, 1.54) is 26.4 Å². The molecule has 0 bridgehead atoms. The van der Waals surface area contributed by atoms with Crippen LogP contribution in [0.25, 0.3) is 0 Å². The Morgan fingerprint density at radius 2 is 1.85 bits per heavy atom. The minimum absolute atomic E-state index is 0.0394. The quantitative estimate of drug-likeness (QED) is 0.895. The van der Waals surface area contributed by atoms with Crippen molar-refractivity contribution in [3.05, 3.63) is 17.2 Å². The molecule has 0 aromatic heterocycles. The van der Waals surface area contributed by atoms with Crippen LogP contribution >= 0.6 is 11.6 Å². The van der Waals surface area contributed by atoms with E-state index in [0.29, 0.717) is 22.2 Å². The molecule has 1 saturated carbocycles. The van der Waals surface area contributed by atoms with Crippen LogP contribution in [-0.4, -0.2) is 26.2 Å². The highest BCUT2D eigenvalue weighted by Gasteiger charge is 2.30. The number of nitrogens with one attached hydrogen (secondary N) is 2. The van der Waals surface area contributed by atoms with E-state index in [9.17, 15) is 9.59 Å². The van der Waals surface area contributed by atoms with E-state index in [0.717, 1.165) is 12.8 Å². The van der Waals surface area contributed by atoms with Gasteiger partial charge in [-0.05, 0) is 12.8 Å². The van der Waals surface area contributed by atoms with Crippen molar-refractivity contribution in [2.24, 2.45) is 5.92 Å². The van der Waals surface area contributed by atoms with E-state index in [2.05, 4.69) is 10.6 Å². The number of carbonyl (C=O) groups excluding carboxylic acids is 2. The molecule has 1 aliphatic rings. The number of rotatable bonds is 4. The Hall–Kier alpha value is -1.95. The second-order valence-electron chi connectivity index (χ2n) is 4.40. The molecule has 0 aliphatic heterocycles. The van der Waals surface area contributed by atoms with E-state index in [1.54, 1.807) is 0 Å². The average Bonchev–Trinajstić information content (AvgIpc) is 3.24. The number of hydrogen-bond donors (Lipinski definition) is 2. The van der Waals surface area contributed by atoms with Gasteiger partial charge in [0.2, 0.25) is 5.91 Å². The highest BCUT2D eigenvalue weighted by Crippen LogP contribution is 2.35. The first kappa shape index (κ1) is 14.5. The van der Waals surface area contributed by atoms with Crippen molar-refractivity contribution in [2.45, 2.75) is 12.8 Å². The van der Waals surface area contributed by atoms with E-state index >= 15 is 0 Å². The lowest BCUT2D eigenvalue weighted by Gasteiger charge is -2.13. The number of carbonyl (C=O) groups is 2. The number of halogens is 1. The van der Waals surface area contributed by atoms with Crippen LogP contribution in [0.1, 0.15) is 12.8 Å². The molecule has 0 radical (unpaired) electrons. The predicted octanol–water partition coefficient (Wildman–Crippen LogP) is 2.42. The molecular weight excluding hydrogens is 284 g/mol. The lowest BCUT2D eigenvalue weighted by Crippen LogP contribution is -2.35. The molecule has 0 spiro atoms. The lowest BCUT2D eigenvalue weighted by molar-refractivity contribution is -0.121. The van der Waals surface area contributed by atoms with Gasteiger partial charge in [0.25, 0.3) is 0 Å². The zero-order valence-electron chi connectivity index (χ0n) is 11.2.